The molecule has 0 saturated carbocycles. The van der Waals surface area contributed by atoms with Crippen LogP contribution in [0.25, 0.3) is 0 Å². The van der Waals surface area contributed by atoms with E-state index < -0.39 is 12.0 Å². The summed E-state index contributed by atoms with van der Waals surface area (Å²) in [6, 6.07) is 4.83. The lowest BCUT2D eigenvalue weighted by Crippen LogP contribution is -2.39. The van der Waals surface area contributed by atoms with Gasteiger partial charge in [-0.1, -0.05) is 6.92 Å². The quantitative estimate of drug-likeness (QED) is 0.838. The number of nitrogens with zero attached hydrogens (tertiary/aromatic N) is 1. The van der Waals surface area contributed by atoms with Crippen molar-refractivity contribution >= 4 is 17.7 Å². The van der Waals surface area contributed by atoms with Crippen LogP contribution in [0, 0.1) is 6.92 Å². The van der Waals surface area contributed by atoms with Gasteiger partial charge in [0.15, 0.2) is 0 Å². The number of methoxy groups -OCH3 is 1. The van der Waals surface area contributed by atoms with Crippen molar-refractivity contribution in [3.8, 4) is 5.75 Å². The molecule has 6 nitrogen and oxygen atoms in total. The van der Waals surface area contributed by atoms with Gasteiger partial charge in [-0.05, 0) is 37.1 Å². The molecule has 1 aromatic carbocycles. The van der Waals surface area contributed by atoms with Crippen LogP contribution in [0.4, 0.5) is 10.5 Å². The first-order chi connectivity index (χ1) is 9.47. The molecule has 2 N–H and O–H groups in total. The summed E-state index contributed by atoms with van der Waals surface area (Å²) in [7, 11) is 1.58. The summed E-state index contributed by atoms with van der Waals surface area (Å²) >= 11 is 0. The number of carbonyl (C=O) groups excluding carboxylic acids is 1. The Morgan fingerprint density at radius 3 is 2.60 bits per heavy atom. The summed E-state index contributed by atoms with van der Waals surface area (Å²) in [6.07, 6.45) is 0.697. The monoisotopic (exact) mass is 280 g/mol. The topological polar surface area (TPSA) is 78.9 Å². The van der Waals surface area contributed by atoms with E-state index in [-0.39, 0.29) is 6.54 Å². The largest absolute Gasteiger partial charge is 0.496 e. The van der Waals surface area contributed by atoms with E-state index in [0.717, 1.165) is 11.3 Å². The number of carboxylic acids is 1. The number of aliphatic carboxylic acids is 1. The predicted octanol–water partition coefficient (Wildman–Crippen LogP) is 2.33. The SMILES string of the molecule is CCCN(CC(=O)O)C(=O)Nc1ccc(OC)c(C)c1. The van der Waals surface area contributed by atoms with Crippen molar-refractivity contribution in [2.75, 3.05) is 25.5 Å². The number of nitrogens with one attached hydrogen (secondary N) is 1. The smallest absolute Gasteiger partial charge is 0.323 e. The fraction of sp³-hybridized carbons (Fsp3) is 0.429. The minimum atomic E-state index is -1.03. The molecule has 0 heterocycles. The zero-order valence-corrected chi connectivity index (χ0v) is 12.0. The highest BCUT2D eigenvalue weighted by Crippen LogP contribution is 2.21. The van der Waals surface area contributed by atoms with Crippen molar-refractivity contribution < 1.29 is 19.4 Å². The molecule has 2 amide bonds. The lowest BCUT2D eigenvalue weighted by atomic mass is 10.2. The molecule has 0 fully saturated rings. The van der Waals surface area contributed by atoms with E-state index in [2.05, 4.69) is 5.32 Å². The number of aryl methyl sites for hydroxylation is 1. The molecule has 6 heteroatoms. The van der Waals surface area contributed by atoms with E-state index in [1.807, 2.05) is 13.8 Å². The van der Waals surface area contributed by atoms with E-state index in [0.29, 0.717) is 18.7 Å². The van der Waals surface area contributed by atoms with Crippen LogP contribution in [-0.4, -0.2) is 42.2 Å². The van der Waals surface area contributed by atoms with Gasteiger partial charge in [0.05, 0.1) is 7.11 Å². The Morgan fingerprint density at radius 2 is 2.10 bits per heavy atom. The van der Waals surface area contributed by atoms with Gasteiger partial charge >= 0.3 is 12.0 Å². The number of benzene rings is 1. The number of ether oxygens (including phenoxy) is 1. The third-order valence-electron chi connectivity index (χ3n) is 2.75. The summed E-state index contributed by atoms with van der Waals surface area (Å²) in [5.74, 6) is -0.293. The van der Waals surface area contributed by atoms with Crippen LogP contribution >= 0.6 is 0 Å². The van der Waals surface area contributed by atoms with Gasteiger partial charge in [-0.2, -0.15) is 0 Å². The van der Waals surface area contributed by atoms with Gasteiger partial charge in [0, 0.05) is 12.2 Å². The van der Waals surface area contributed by atoms with Crippen molar-refractivity contribution in [1.82, 2.24) is 4.90 Å². The summed E-state index contributed by atoms with van der Waals surface area (Å²) < 4.78 is 5.14. The summed E-state index contributed by atoms with van der Waals surface area (Å²) in [5, 5.41) is 11.5. The molecular weight excluding hydrogens is 260 g/mol. The Balaban J connectivity index is 2.76. The normalized spacial score (nSPS) is 9.95. The first-order valence-corrected chi connectivity index (χ1v) is 6.40. The lowest BCUT2D eigenvalue weighted by molar-refractivity contribution is -0.137. The maximum atomic E-state index is 12.0. The molecule has 0 unspecified atom stereocenters. The first-order valence-electron chi connectivity index (χ1n) is 6.40. The fourth-order valence-corrected chi connectivity index (χ4v) is 1.84. The molecule has 110 valence electrons. The molecular formula is C14H20N2O4. The van der Waals surface area contributed by atoms with Gasteiger partial charge in [0.2, 0.25) is 0 Å². The molecule has 0 spiro atoms. The van der Waals surface area contributed by atoms with Crippen molar-refractivity contribution in [2.45, 2.75) is 20.3 Å². The van der Waals surface area contributed by atoms with Gasteiger partial charge in [0.1, 0.15) is 12.3 Å². The molecule has 0 aliphatic heterocycles. The van der Waals surface area contributed by atoms with Crippen LogP contribution in [0.1, 0.15) is 18.9 Å². The number of anilines is 1. The molecule has 20 heavy (non-hydrogen) atoms. The zero-order chi connectivity index (χ0) is 15.1. The third kappa shape index (κ3) is 4.46. The molecule has 1 aromatic rings. The fourth-order valence-electron chi connectivity index (χ4n) is 1.84. The third-order valence-corrected chi connectivity index (χ3v) is 2.75. The highest BCUT2D eigenvalue weighted by atomic mass is 16.5. The maximum absolute atomic E-state index is 12.0. The van der Waals surface area contributed by atoms with Gasteiger partial charge in [-0.15, -0.1) is 0 Å². The minimum Gasteiger partial charge on any atom is -0.496 e. The van der Waals surface area contributed by atoms with Crippen LogP contribution in [0.5, 0.6) is 5.75 Å². The molecule has 0 aromatic heterocycles. The van der Waals surface area contributed by atoms with Crippen LogP contribution in [0.15, 0.2) is 18.2 Å². The predicted molar refractivity (Wildman–Crippen MR) is 76.2 cm³/mol. The Labute approximate surface area is 118 Å². The van der Waals surface area contributed by atoms with Crippen LogP contribution in [0.3, 0.4) is 0 Å². The molecule has 0 aliphatic carbocycles. The lowest BCUT2D eigenvalue weighted by Gasteiger charge is -2.20. The van der Waals surface area contributed by atoms with Crippen LogP contribution in [-0.2, 0) is 4.79 Å². The maximum Gasteiger partial charge on any atom is 0.323 e. The summed E-state index contributed by atoms with van der Waals surface area (Å²) in [5.41, 5.74) is 1.50. The summed E-state index contributed by atoms with van der Waals surface area (Å²) in [4.78, 5) is 24.0. The number of urea groups is 1. The van der Waals surface area contributed by atoms with E-state index in [9.17, 15) is 9.59 Å². The van der Waals surface area contributed by atoms with Crippen LogP contribution in [0.2, 0.25) is 0 Å². The van der Waals surface area contributed by atoms with Crippen molar-refractivity contribution in [2.24, 2.45) is 0 Å². The average molecular weight is 280 g/mol. The Hall–Kier alpha value is -2.24. The van der Waals surface area contributed by atoms with Crippen molar-refractivity contribution in [1.29, 1.82) is 0 Å². The van der Waals surface area contributed by atoms with E-state index in [1.54, 1.807) is 25.3 Å². The molecule has 0 bridgehead atoms. The number of rotatable bonds is 6. The minimum absolute atomic E-state index is 0.311. The number of hydrogen-bond acceptors (Lipinski definition) is 3. The van der Waals surface area contributed by atoms with Crippen molar-refractivity contribution in [3.63, 3.8) is 0 Å². The highest BCUT2D eigenvalue weighted by Gasteiger charge is 2.16. The van der Waals surface area contributed by atoms with E-state index in [1.165, 1.54) is 4.90 Å². The second-order valence-corrected chi connectivity index (χ2v) is 4.43. The second kappa shape index (κ2) is 7.37. The summed E-state index contributed by atoms with van der Waals surface area (Å²) in [6.45, 7) is 3.84. The standard InChI is InChI=1S/C14H20N2O4/c1-4-7-16(9-13(17)18)14(19)15-11-5-6-12(20-3)10(2)8-11/h5-6,8H,4,7,9H2,1-3H3,(H,15,19)(H,17,18). The average Bonchev–Trinajstić information content (AvgIpc) is 2.38. The number of hydrogen-bond donors (Lipinski definition) is 2. The molecule has 0 aliphatic rings. The molecule has 0 radical (unpaired) electrons. The Morgan fingerprint density at radius 1 is 1.40 bits per heavy atom. The number of amides is 2. The van der Waals surface area contributed by atoms with E-state index in [4.69, 9.17) is 9.84 Å². The number of carboxylic acid groups (broad SMARTS) is 1. The van der Waals surface area contributed by atoms with Gasteiger partial charge < -0.3 is 20.1 Å². The Kier molecular flexibility index (Phi) is 5.83. The van der Waals surface area contributed by atoms with Crippen molar-refractivity contribution in [3.05, 3.63) is 23.8 Å². The Bertz CT molecular complexity index is 488. The first kappa shape index (κ1) is 15.8. The van der Waals surface area contributed by atoms with E-state index >= 15 is 0 Å². The molecule has 1 rings (SSSR count). The molecule has 0 saturated heterocycles. The van der Waals surface area contributed by atoms with Crippen LogP contribution < -0.4 is 10.1 Å². The highest BCUT2D eigenvalue weighted by molar-refractivity contribution is 5.91. The number of carbonyl (C=O) groups is 2. The van der Waals surface area contributed by atoms with Gasteiger partial charge in [-0.3, -0.25) is 4.79 Å². The van der Waals surface area contributed by atoms with Gasteiger partial charge in [0.25, 0.3) is 0 Å². The zero-order valence-electron chi connectivity index (χ0n) is 12.0. The second-order valence-electron chi connectivity index (χ2n) is 4.43. The molecule has 0 atom stereocenters. The van der Waals surface area contributed by atoms with Gasteiger partial charge in [-0.25, -0.2) is 4.79 Å².